The van der Waals surface area contributed by atoms with Crippen molar-refractivity contribution in [1.82, 2.24) is 4.90 Å². The molecule has 0 unspecified atom stereocenters. The van der Waals surface area contributed by atoms with Gasteiger partial charge in [0.25, 0.3) is 0 Å². The summed E-state index contributed by atoms with van der Waals surface area (Å²) in [6, 6.07) is 3.84. The normalized spacial score (nSPS) is 19.8. The lowest BCUT2D eigenvalue weighted by molar-refractivity contribution is -0.145. The zero-order valence-electron chi connectivity index (χ0n) is 9.76. The average Bonchev–Trinajstić information content (AvgIpc) is 2.75. The lowest BCUT2D eigenvalue weighted by Gasteiger charge is -2.30. The minimum absolute atomic E-state index is 0.0234. The highest BCUT2D eigenvalue weighted by Crippen LogP contribution is 2.24. The highest BCUT2D eigenvalue weighted by atomic mass is 79.9. The Balaban J connectivity index is 1.94. The van der Waals surface area contributed by atoms with Crippen LogP contribution in [0.25, 0.3) is 0 Å². The number of carboxylic acids is 1. The number of carbonyl (C=O) groups excluding carboxylic acids is 1. The molecule has 1 aromatic rings. The largest absolute Gasteiger partial charge is 0.481 e. The molecule has 98 valence electrons. The molecule has 1 fully saturated rings. The predicted octanol–water partition coefficient (Wildman–Crippen LogP) is 2.38. The Morgan fingerprint density at radius 3 is 2.89 bits per heavy atom. The minimum atomic E-state index is -0.800. The van der Waals surface area contributed by atoms with Crippen LogP contribution in [0.3, 0.4) is 0 Å². The summed E-state index contributed by atoms with van der Waals surface area (Å²) in [4.78, 5) is 25.7. The van der Waals surface area contributed by atoms with Gasteiger partial charge in [-0.25, -0.2) is 0 Å². The van der Waals surface area contributed by atoms with Crippen LogP contribution in [-0.2, 0) is 16.0 Å². The summed E-state index contributed by atoms with van der Waals surface area (Å²) in [6.45, 7) is 1.02. The van der Waals surface area contributed by atoms with E-state index < -0.39 is 11.9 Å². The number of piperidine rings is 1. The van der Waals surface area contributed by atoms with E-state index in [4.69, 9.17) is 5.11 Å². The maximum absolute atomic E-state index is 12.1. The summed E-state index contributed by atoms with van der Waals surface area (Å²) in [5, 5.41) is 8.99. The molecule has 1 aliphatic rings. The molecule has 1 amide bonds. The smallest absolute Gasteiger partial charge is 0.308 e. The van der Waals surface area contributed by atoms with Gasteiger partial charge in [-0.05, 0) is 40.9 Å². The molecule has 1 atom stereocenters. The van der Waals surface area contributed by atoms with E-state index in [1.54, 1.807) is 16.2 Å². The number of rotatable bonds is 3. The maximum Gasteiger partial charge on any atom is 0.308 e. The van der Waals surface area contributed by atoms with Crippen molar-refractivity contribution in [1.29, 1.82) is 0 Å². The molecule has 0 bridgehead atoms. The van der Waals surface area contributed by atoms with Crippen LogP contribution in [0.2, 0.25) is 0 Å². The first-order chi connectivity index (χ1) is 8.56. The van der Waals surface area contributed by atoms with Crippen molar-refractivity contribution in [3.05, 3.63) is 20.8 Å². The van der Waals surface area contributed by atoms with Gasteiger partial charge in [-0.15, -0.1) is 11.3 Å². The van der Waals surface area contributed by atoms with Gasteiger partial charge in [0.2, 0.25) is 5.91 Å². The van der Waals surface area contributed by atoms with Crippen molar-refractivity contribution in [2.75, 3.05) is 13.1 Å². The summed E-state index contributed by atoms with van der Waals surface area (Å²) in [5.41, 5.74) is 0. The molecule has 0 aliphatic carbocycles. The van der Waals surface area contributed by atoms with Crippen LogP contribution in [-0.4, -0.2) is 35.0 Å². The van der Waals surface area contributed by atoms with E-state index in [1.165, 1.54) is 0 Å². The van der Waals surface area contributed by atoms with Crippen molar-refractivity contribution < 1.29 is 14.7 Å². The molecule has 2 rings (SSSR count). The van der Waals surface area contributed by atoms with Crippen LogP contribution in [0.5, 0.6) is 0 Å². The van der Waals surface area contributed by atoms with Gasteiger partial charge in [0.05, 0.1) is 16.1 Å². The Hall–Kier alpha value is -0.880. The number of thiophene rings is 1. The van der Waals surface area contributed by atoms with Crippen molar-refractivity contribution in [2.45, 2.75) is 19.3 Å². The van der Waals surface area contributed by atoms with E-state index in [1.807, 2.05) is 12.1 Å². The number of nitrogens with zero attached hydrogens (tertiary/aromatic N) is 1. The molecule has 4 nitrogen and oxygen atoms in total. The molecular formula is C12H14BrNO3S. The third-order valence-electron chi connectivity index (χ3n) is 3.08. The number of amides is 1. The van der Waals surface area contributed by atoms with Crippen LogP contribution in [0, 0.1) is 5.92 Å². The lowest BCUT2D eigenvalue weighted by Crippen LogP contribution is -2.42. The molecule has 0 saturated carbocycles. The minimum Gasteiger partial charge on any atom is -0.481 e. The van der Waals surface area contributed by atoms with Crippen molar-refractivity contribution in [2.24, 2.45) is 5.92 Å². The van der Waals surface area contributed by atoms with Gasteiger partial charge in [0.1, 0.15) is 0 Å². The van der Waals surface area contributed by atoms with Crippen LogP contribution in [0.4, 0.5) is 0 Å². The van der Waals surface area contributed by atoms with Gasteiger partial charge in [-0.3, -0.25) is 9.59 Å². The van der Waals surface area contributed by atoms with Gasteiger partial charge in [0, 0.05) is 18.0 Å². The fourth-order valence-corrected chi connectivity index (χ4v) is 3.59. The van der Waals surface area contributed by atoms with Gasteiger partial charge < -0.3 is 10.0 Å². The standard InChI is InChI=1S/C12H14BrNO3S/c13-10-4-3-9(18-10)6-11(15)14-5-1-2-8(7-14)12(16)17/h3-4,8H,1-2,5-7H2,(H,16,17)/t8-/m1/s1. The average molecular weight is 332 g/mol. The topological polar surface area (TPSA) is 57.6 Å². The molecule has 1 saturated heterocycles. The summed E-state index contributed by atoms with van der Waals surface area (Å²) in [6.07, 6.45) is 1.81. The highest BCUT2D eigenvalue weighted by molar-refractivity contribution is 9.11. The Bertz CT molecular complexity index is 460. The van der Waals surface area contributed by atoms with E-state index in [-0.39, 0.29) is 5.91 Å². The third-order valence-corrected chi connectivity index (χ3v) is 4.70. The molecule has 0 aromatic carbocycles. The Morgan fingerprint density at radius 1 is 1.50 bits per heavy atom. The van der Waals surface area contributed by atoms with E-state index >= 15 is 0 Å². The predicted molar refractivity (Wildman–Crippen MR) is 72.7 cm³/mol. The molecule has 2 heterocycles. The molecule has 1 aliphatic heterocycles. The van der Waals surface area contributed by atoms with Gasteiger partial charge in [-0.1, -0.05) is 0 Å². The number of carboxylic acid groups (broad SMARTS) is 1. The fraction of sp³-hybridized carbons (Fsp3) is 0.500. The number of halogens is 1. The Labute approximate surface area is 118 Å². The zero-order chi connectivity index (χ0) is 13.1. The van der Waals surface area contributed by atoms with Crippen LogP contribution < -0.4 is 0 Å². The molecule has 0 spiro atoms. The second-order valence-electron chi connectivity index (χ2n) is 4.40. The van der Waals surface area contributed by atoms with E-state index in [9.17, 15) is 9.59 Å². The first-order valence-electron chi connectivity index (χ1n) is 5.81. The number of hydrogen-bond donors (Lipinski definition) is 1. The lowest BCUT2D eigenvalue weighted by atomic mass is 9.98. The van der Waals surface area contributed by atoms with Crippen molar-refractivity contribution in [3.63, 3.8) is 0 Å². The van der Waals surface area contributed by atoms with Gasteiger partial charge in [-0.2, -0.15) is 0 Å². The summed E-state index contributed by atoms with van der Waals surface area (Å²) < 4.78 is 1.01. The van der Waals surface area contributed by atoms with Crippen LogP contribution >= 0.6 is 27.3 Å². The van der Waals surface area contributed by atoms with E-state index in [0.29, 0.717) is 25.9 Å². The summed E-state index contributed by atoms with van der Waals surface area (Å²) >= 11 is 4.90. The Kier molecular flexibility index (Phi) is 4.40. The third kappa shape index (κ3) is 3.32. The number of likely N-dealkylation sites (tertiary alicyclic amines) is 1. The van der Waals surface area contributed by atoms with Crippen LogP contribution in [0.1, 0.15) is 17.7 Å². The second kappa shape index (κ2) is 5.84. The monoisotopic (exact) mass is 331 g/mol. The molecule has 18 heavy (non-hydrogen) atoms. The maximum atomic E-state index is 12.1. The second-order valence-corrected chi connectivity index (χ2v) is 6.95. The quantitative estimate of drug-likeness (QED) is 0.925. The Morgan fingerprint density at radius 2 is 2.28 bits per heavy atom. The van der Waals surface area contributed by atoms with Gasteiger partial charge in [0.15, 0.2) is 0 Å². The van der Waals surface area contributed by atoms with E-state index in [2.05, 4.69) is 15.9 Å². The summed E-state index contributed by atoms with van der Waals surface area (Å²) in [5.74, 6) is -1.18. The number of hydrogen-bond acceptors (Lipinski definition) is 3. The molecule has 0 radical (unpaired) electrons. The first kappa shape index (κ1) is 13.5. The van der Waals surface area contributed by atoms with E-state index in [0.717, 1.165) is 15.1 Å². The molecule has 1 N–H and O–H groups in total. The van der Waals surface area contributed by atoms with Crippen molar-refractivity contribution in [3.8, 4) is 0 Å². The SMILES string of the molecule is O=C(O)[C@@H]1CCCN(C(=O)Cc2ccc(Br)s2)C1. The molecule has 1 aromatic heterocycles. The van der Waals surface area contributed by atoms with Crippen LogP contribution in [0.15, 0.2) is 15.9 Å². The number of carbonyl (C=O) groups is 2. The molecule has 6 heteroatoms. The van der Waals surface area contributed by atoms with Gasteiger partial charge >= 0.3 is 5.97 Å². The zero-order valence-corrected chi connectivity index (χ0v) is 12.2. The fourth-order valence-electron chi connectivity index (χ4n) is 2.11. The first-order valence-corrected chi connectivity index (χ1v) is 7.42. The number of aliphatic carboxylic acids is 1. The van der Waals surface area contributed by atoms with Crippen molar-refractivity contribution >= 4 is 39.1 Å². The highest BCUT2D eigenvalue weighted by Gasteiger charge is 2.28. The summed E-state index contributed by atoms with van der Waals surface area (Å²) in [7, 11) is 0. The molecular weight excluding hydrogens is 318 g/mol.